The molecule has 22 heavy (non-hydrogen) atoms. The van der Waals surface area contributed by atoms with E-state index in [1.54, 1.807) is 7.11 Å². The third kappa shape index (κ3) is 2.66. The first-order valence-electron chi connectivity index (χ1n) is 8.30. The first-order valence-corrected chi connectivity index (χ1v) is 8.30. The van der Waals surface area contributed by atoms with Crippen LogP contribution in [0.25, 0.3) is 0 Å². The summed E-state index contributed by atoms with van der Waals surface area (Å²) in [6, 6.07) is 10.8. The van der Waals surface area contributed by atoms with Gasteiger partial charge in [0.15, 0.2) is 0 Å². The molecule has 2 fully saturated rings. The molecule has 2 atom stereocenters. The van der Waals surface area contributed by atoms with Gasteiger partial charge in [0.1, 0.15) is 5.60 Å². The molecule has 0 saturated carbocycles. The van der Waals surface area contributed by atoms with Crippen LogP contribution in [-0.2, 0) is 9.53 Å². The lowest BCUT2D eigenvalue weighted by atomic mass is 9.89. The summed E-state index contributed by atoms with van der Waals surface area (Å²) < 4.78 is 5.71. The summed E-state index contributed by atoms with van der Waals surface area (Å²) in [5.74, 6) is 0.614. The predicted octanol–water partition coefficient (Wildman–Crippen LogP) is 2.16. The Morgan fingerprint density at radius 1 is 1.27 bits per heavy atom. The minimum atomic E-state index is -0.620. The first-order chi connectivity index (χ1) is 10.7. The van der Waals surface area contributed by atoms with E-state index in [0.717, 1.165) is 38.9 Å². The number of nitrogens with one attached hydrogen (secondary N) is 1. The lowest BCUT2D eigenvalue weighted by Crippen LogP contribution is -2.56. The fraction of sp³-hybridized carbons (Fsp3) is 0.611. The van der Waals surface area contributed by atoms with Crippen LogP contribution in [0, 0.1) is 0 Å². The number of piperidine rings is 1. The minimum absolute atomic E-state index is 0.183. The van der Waals surface area contributed by atoms with E-state index in [4.69, 9.17) is 4.74 Å². The van der Waals surface area contributed by atoms with Gasteiger partial charge in [-0.25, -0.2) is 0 Å². The maximum atomic E-state index is 13.1. The van der Waals surface area contributed by atoms with E-state index < -0.39 is 5.60 Å². The monoisotopic (exact) mass is 302 g/mol. The number of hydrogen-bond donors (Lipinski definition) is 1. The number of amides is 1. The first kappa shape index (κ1) is 15.5. The van der Waals surface area contributed by atoms with Gasteiger partial charge in [-0.15, -0.1) is 0 Å². The second-order valence-electron chi connectivity index (χ2n) is 6.49. The summed E-state index contributed by atoms with van der Waals surface area (Å²) in [5.41, 5.74) is 0.715. The molecule has 2 aliphatic rings. The molecule has 0 spiro atoms. The summed E-state index contributed by atoms with van der Waals surface area (Å²) in [6.07, 6.45) is 2.57. The molecule has 1 amide bonds. The number of benzene rings is 1. The van der Waals surface area contributed by atoms with E-state index in [1.165, 1.54) is 5.56 Å². The second kappa shape index (κ2) is 6.39. The van der Waals surface area contributed by atoms with Gasteiger partial charge in [0.25, 0.3) is 5.91 Å². The van der Waals surface area contributed by atoms with Gasteiger partial charge in [-0.2, -0.15) is 0 Å². The molecule has 0 radical (unpaired) electrons. The van der Waals surface area contributed by atoms with Gasteiger partial charge in [0, 0.05) is 25.6 Å². The summed E-state index contributed by atoms with van der Waals surface area (Å²) in [4.78, 5) is 15.2. The highest BCUT2D eigenvalue weighted by molar-refractivity contribution is 5.86. The average Bonchev–Trinajstić information content (AvgIpc) is 2.97. The number of likely N-dealkylation sites (tertiary alicyclic amines) is 1. The van der Waals surface area contributed by atoms with Crippen molar-refractivity contribution >= 4 is 5.91 Å². The van der Waals surface area contributed by atoms with E-state index in [-0.39, 0.29) is 11.9 Å². The Labute approximate surface area is 132 Å². The van der Waals surface area contributed by atoms with E-state index in [2.05, 4.69) is 36.5 Å². The number of carbonyl (C=O) groups is 1. The van der Waals surface area contributed by atoms with Crippen molar-refractivity contribution in [2.24, 2.45) is 0 Å². The van der Waals surface area contributed by atoms with Gasteiger partial charge in [0.2, 0.25) is 0 Å². The largest absolute Gasteiger partial charge is 0.368 e. The zero-order valence-electron chi connectivity index (χ0n) is 13.5. The Bertz CT molecular complexity index is 511. The van der Waals surface area contributed by atoms with E-state index in [0.29, 0.717) is 5.92 Å². The quantitative estimate of drug-likeness (QED) is 0.930. The van der Waals surface area contributed by atoms with E-state index in [9.17, 15) is 4.79 Å². The summed E-state index contributed by atoms with van der Waals surface area (Å²) in [7, 11) is 1.68. The van der Waals surface area contributed by atoms with Crippen molar-refractivity contribution in [3.63, 3.8) is 0 Å². The molecule has 3 rings (SSSR count). The van der Waals surface area contributed by atoms with Crippen LogP contribution in [0.1, 0.15) is 37.7 Å². The number of ether oxygens (including phenoxy) is 1. The molecule has 1 aromatic carbocycles. The van der Waals surface area contributed by atoms with Crippen LogP contribution >= 0.6 is 0 Å². The Hall–Kier alpha value is -1.39. The lowest BCUT2D eigenvalue weighted by molar-refractivity contribution is -0.159. The van der Waals surface area contributed by atoms with Gasteiger partial charge < -0.3 is 15.0 Å². The molecular weight excluding hydrogens is 276 g/mol. The van der Waals surface area contributed by atoms with Crippen molar-refractivity contribution in [1.82, 2.24) is 10.2 Å². The van der Waals surface area contributed by atoms with Crippen LogP contribution < -0.4 is 5.32 Å². The van der Waals surface area contributed by atoms with Crippen LogP contribution in [0.4, 0.5) is 0 Å². The number of rotatable bonds is 3. The highest BCUT2D eigenvalue weighted by atomic mass is 16.5. The van der Waals surface area contributed by atoms with Crippen LogP contribution in [0.15, 0.2) is 30.3 Å². The second-order valence-corrected chi connectivity index (χ2v) is 6.49. The number of methoxy groups -OCH3 is 1. The molecule has 0 bridgehead atoms. The number of nitrogens with zero attached hydrogens (tertiary/aromatic N) is 1. The highest BCUT2D eigenvalue weighted by Crippen LogP contribution is 2.36. The molecule has 1 aromatic rings. The normalized spacial score (nSPS) is 27.8. The minimum Gasteiger partial charge on any atom is -0.368 e. The van der Waals surface area contributed by atoms with Crippen LogP contribution in [0.2, 0.25) is 0 Å². The number of carbonyl (C=O) groups excluding carboxylic acids is 1. The fourth-order valence-corrected chi connectivity index (χ4v) is 3.97. The van der Waals surface area contributed by atoms with Gasteiger partial charge in [-0.3, -0.25) is 4.79 Å². The summed E-state index contributed by atoms with van der Waals surface area (Å²) >= 11 is 0. The van der Waals surface area contributed by atoms with Gasteiger partial charge in [-0.1, -0.05) is 30.3 Å². The molecule has 4 nitrogen and oxygen atoms in total. The van der Waals surface area contributed by atoms with Crippen molar-refractivity contribution < 1.29 is 9.53 Å². The molecule has 120 valence electrons. The summed E-state index contributed by atoms with van der Waals surface area (Å²) in [5, 5.41) is 3.31. The molecule has 4 heteroatoms. The van der Waals surface area contributed by atoms with Gasteiger partial charge >= 0.3 is 0 Å². The average molecular weight is 302 g/mol. The third-order valence-electron chi connectivity index (χ3n) is 5.44. The Morgan fingerprint density at radius 3 is 2.59 bits per heavy atom. The molecule has 2 unspecified atom stereocenters. The van der Waals surface area contributed by atoms with Crippen molar-refractivity contribution in [2.45, 2.75) is 43.7 Å². The maximum absolute atomic E-state index is 13.1. The van der Waals surface area contributed by atoms with E-state index in [1.807, 2.05) is 11.0 Å². The molecule has 2 heterocycles. The fourth-order valence-electron chi connectivity index (χ4n) is 3.97. The van der Waals surface area contributed by atoms with Gasteiger partial charge in [0.05, 0.1) is 0 Å². The highest BCUT2D eigenvalue weighted by Gasteiger charge is 2.46. The zero-order chi connectivity index (χ0) is 15.6. The Morgan fingerprint density at radius 2 is 1.95 bits per heavy atom. The molecule has 0 aliphatic carbocycles. The molecule has 2 aliphatic heterocycles. The Kier molecular flexibility index (Phi) is 4.50. The number of hydrogen-bond acceptors (Lipinski definition) is 3. The molecule has 2 saturated heterocycles. The third-order valence-corrected chi connectivity index (χ3v) is 5.44. The molecular formula is C18H26N2O2. The zero-order valence-corrected chi connectivity index (χ0v) is 13.5. The Balaban J connectivity index is 1.77. The topological polar surface area (TPSA) is 41.6 Å². The molecule has 0 aromatic heterocycles. The van der Waals surface area contributed by atoms with Crippen LogP contribution in [0.3, 0.4) is 0 Å². The van der Waals surface area contributed by atoms with Crippen molar-refractivity contribution in [3.8, 4) is 0 Å². The summed E-state index contributed by atoms with van der Waals surface area (Å²) in [6.45, 7) is 4.71. The van der Waals surface area contributed by atoms with Gasteiger partial charge in [-0.05, 0) is 44.8 Å². The SMILES string of the molecule is COC1(C(=O)N2CCC(c3ccccc3)C2C)CCNCC1. The van der Waals surface area contributed by atoms with E-state index >= 15 is 0 Å². The standard InChI is InChI=1S/C18H26N2O2/c1-14-16(15-6-4-3-5-7-15)8-13-20(14)17(21)18(22-2)9-11-19-12-10-18/h3-7,14,16,19H,8-13H2,1-2H3. The van der Waals surface area contributed by atoms with Crippen molar-refractivity contribution in [2.75, 3.05) is 26.7 Å². The van der Waals surface area contributed by atoms with Crippen molar-refractivity contribution in [1.29, 1.82) is 0 Å². The van der Waals surface area contributed by atoms with Crippen molar-refractivity contribution in [3.05, 3.63) is 35.9 Å². The lowest BCUT2D eigenvalue weighted by Gasteiger charge is -2.39. The predicted molar refractivity (Wildman–Crippen MR) is 86.8 cm³/mol. The smallest absolute Gasteiger partial charge is 0.255 e. The maximum Gasteiger partial charge on any atom is 0.255 e. The van der Waals surface area contributed by atoms with Crippen LogP contribution in [0.5, 0.6) is 0 Å². The van der Waals surface area contributed by atoms with Crippen LogP contribution in [-0.4, -0.2) is 49.2 Å². The molecule has 1 N–H and O–H groups in total.